The molecule has 0 atom stereocenters. The molecule has 1 aromatic carbocycles. The minimum atomic E-state index is -0.240. The summed E-state index contributed by atoms with van der Waals surface area (Å²) < 4.78 is 5.53. The lowest BCUT2D eigenvalue weighted by molar-refractivity contribution is -0.364. The molecule has 0 unspecified atom stereocenters. The molecule has 1 heterocycles. The summed E-state index contributed by atoms with van der Waals surface area (Å²) in [5.41, 5.74) is 10.8. The lowest BCUT2D eigenvalue weighted by Gasteiger charge is -2.00. The number of amides is 1. The number of furan rings is 1. The topological polar surface area (TPSA) is 121 Å². The van der Waals surface area contributed by atoms with E-state index in [-0.39, 0.29) is 42.3 Å². The van der Waals surface area contributed by atoms with Crippen molar-refractivity contribution >= 4 is 11.7 Å². The number of rotatable bonds is 5. The summed E-state index contributed by atoms with van der Waals surface area (Å²) in [5, 5.41) is 8.21. The molecular formula is C14H18Cl2N4O2. The van der Waals surface area contributed by atoms with E-state index in [1.165, 1.54) is 0 Å². The van der Waals surface area contributed by atoms with Gasteiger partial charge in [0.25, 0.3) is 11.7 Å². The third-order valence-corrected chi connectivity index (χ3v) is 2.79. The van der Waals surface area contributed by atoms with Gasteiger partial charge in [-0.1, -0.05) is 12.1 Å². The van der Waals surface area contributed by atoms with Crippen molar-refractivity contribution < 1.29 is 45.2 Å². The fourth-order valence-electron chi connectivity index (χ4n) is 1.73. The van der Waals surface area contributed by atoms with E-state index in [1.807, 2.05) is 12.1 Å². The van der Waals surface area contributed by atoms with E-state index in [1.54, 1.807) is 24.3 Å². The van der Waals surface area contributed by atoms with Gasteiger partial charge in [0.1, 0.15) is 5.76 Å². The van der Waals surface area contributed by atoms with Crippen LogP contribution < -0.4 is 47.0 Å². The Hall–Kier alpha value is -2.02. The van der Waals surface area contributed by atoms with E-state index in [0.717, 1.165) is 11.1 Å². The minimum Gasteiger partial charge on any atom is -1.00 e. The Morgan fingerprint density at radius 2 is 1.82 bits per heavy atom. The van der Waals surface area contributed by atoms with Crippen molar-refractivity contribution in [2.45, 2.75) is 0 Å². The number of nitrogens with two attached hydrogens (primary N) is 2. The summed E-state index contributed by atoms with van der Waals surface area (Å²) in [6.07, 6.45) is 0. The van der Waals surface area contributed by atoms with Crippen LogP contribution in [0.3, 0.4) is 0 Å². The van der Waals surface area contributed by atoms with Crippen molar-refractivity contribution in [3.8, 4) is 11.3 Å². The summed E-state index contributed by atoms with van der Waals surface area (Å²) in [7, 11) is 0. The zero-order chi connectivity index (χ0) is 14.5. The summed E-state index contributed by atoms with van der Waals surface area (Å²) in [5.74, 6) is 0.926. The largest absolute Gasteiger partial charge is 1.00 e. The summed E-state index contributed by atoms with van der Waals surface area (Å²) in [4.78, 5) is 11.7. The maximum atomic E-state index is 11.7. The van der Waals surface area contributed by atoms with Gasteiger partial charge in [-0.25, -0.2) is 0 Å². The van der Waals surface area contributed by atoms with Crippen LogP contribution in [0.2, 0.25) is 0 Å². The average Bonchev–Trinajstić information content (AvgIpc) is 2.94. The molecule has 2 rings (SSSR count). The van der Waals surface area contributed by atoms with Crippen molar-refractivity contribution in [3.63, 3.8) is 0 Å². The van der Waals surface area contributed by atoms with Crippen molar-refractivity contribution in [2.75, 3.05) is 13.1 Å². The van der Waals surface area contributed by atoms with Crippen LogP contribution in [0.1, 0.15) is 16.1 Å². The second-order valence-electron chi connectivity index (χ2n) is 4.31. The van der Waals surface area contributed by atoms with Crippen LogP contribution in [0.5, 0.6) is 0 Å². The molecule has 8 N–H and O–H groups in total. The van der Waals surface area contributed by atoms with Gasteiger partial charge >= 0.3 is 0 Å². The smallest absolute Gasteiger partial charge is 0.287 e. The first-order valence-corrected chi connectivity index (χ1v) is 6.28. The second-order valence-corrected chi connectivity index (χ2v) is 4.31. The van der Waals surface area contributed by atoms with Gasteiger partial charge in [0.15, 0.2) is 5.76 Å². The predicted octanol–water partition coefficient (Wildman–Crippen LogP) is -7.61. The fourth-order valence-corrected chi connectivity index (χ4v) is 1.73. The van der Waals surface area contributed by atoms with Crippen molar-refractivity contribution in [2.24, 2.45) is 5.73 Å². The molecule has 0 fully saturated rings. The Morgan fingerprint density at radius 3 is 2.36 bits per heavy atom. The van der Waals surface area contributed by atoms with Crippen LogP contribution >= 0.6 is 0 Å². The molecule has 0 saturated carbocycles. The highest BCUT2D eigenvalue weighted by Crippen LogP contribution is 2.22. The van der Waals surface area contributed by atoms with E-state index < -0.39 is 0 Å². The standard InChI is InChI=1S/C14H16N4O2.2ClH/c15-7-8-18-14(19)12-6-5-11(20-12)9-1-3-10(4-2-9)13(16)17;;/h1-6H,7-8,15H2,(H3,16,17)(H,18,19);2*1H. The highest BCUT2D eigenvalue weighted by molar-refractivity contribution is 5.93. The molecule has 120 valence electrons. The number of amidine groups is 1. The van der Waals surface area contributed by atoms with Crippen molar-refractivity contribution in [1.82, 2.24) is 5.32 Å². The van der Waals surface area contributed by atoms with Gasteiger partial charge in [-0.15, -0.1) is 0 Å². The second kappa shape index (κ2) is 9.09. The molecule has 0 bridgehead atoms. The zero-order valence-corrected chi connectivity index (χ0v) is 13.3. The molecule has 0 aliphatic heterocycles. The summed E-state index contributed by atoms with van der Waals surface area (Å²) >= 11 is 0. The average molecular weight is 345 g/mol. The van der Waals surface area contributed by atoms with Crippen LogP contribution in [0.25, 0.3) is 11.3 Å². The Bertz CT molecular complexity index is 626. The number of halogens is 2. The maximum Gasteiger partial charge on any atom is 0.287 e. The lowest BCUT2D eigenvalue weighted by atomic mass is 10.1. The first kappa shape index (κ1) is 20.0. The summed E-state index contributed by atoms with van der Waals surface area (Å²) in [6.45, 7) is 1.16. The van der Waals surface area contributed by atoms with Gasteiger partial charge in [0.2, 0.25) is 0 Å². The SMILES string of the molecule is NC(=[NH2+])c1ccc(-c2ccc(C(=O)NCC[NH3+])o2)cc1.[Cl-].[Cl-]. The van der Waals surface area contributed by atoms with Crippen LogP contribution in [0.15, 0.2) is 40.8 Å². The van der Waals surface area contributed by atoms with E-state index in [2.05, 4.69) is 11.1 Å². The van der Waals surface area contributed by atoms with Crippen LogP contribution in [0, 0.1) is 0 Å². The number of nitrogens with one attached hydrogen (secondary N) is 1. The normalized spacial score (nSPS) is 9.32. The minimum absolute atomic E-state index is 0. The first-order chi connectivity index (χ1) is 9.61. The Kier molecular flexibility index (Phi) is 8.26. The number of benzene rings is 1. The Morgan fingerprint density at radius 1 is 1.18 bits per heavy atom. The maximum absolute atomic E-state index is 11.7. The third kappa shape index (κ3) is 4.77. The fraction of sp³-hybridized carbons (Fsp3) is 0.143. The Balaban J connectivity index is 0.00000220. The van der Waals surface area contributed by atoms with E-state index in [4.69, 9.17) is 15.6 Å². The van der Waals surface area contributed by atoms with Crippen LogP contribution in [-0.2, 0) is 0 Å². The number of carbonyl (C=O) groups is 1. The highest BCUT2D eigenvalue weighted by Gasteiger charge is 2.12. The molecule has 0 spiro atoms. The summed E-state index contributed by atoms with van der Waals surface area (Å²) in [6, 6.07) is 10.7. The zero-order valence-electron chi connectivity index (χ0n) is 11.8. The van der Waals surface area contributed by atoms with Gasteiger partial charge in [-0.3, -0.25) is 15.9 Å². The molecule has 0 saturated heterocycles. The van der Waals surface area contributed by atoms with Crippen molar-refractivity contribution in [3.05, 3.63) is 47.7 Å². The van der Waals surface area contributed by atoms with Crippen LogP contribution in [0.4, 0.5) is 0 Å². The molecule has 1 amide bonds. The van der Waals surface area contributed by atoms with E-state index >= 15 is 0 Å². The lowest BCUT2D eigenvalue weighted by Crippen LogP contribution is -3.00. The molecule has 22 heavy (non-hydrogen) atoms. The first-order valence-electron chi connectivity index (χ1n) is 6.28. The molecule has 2 aromatic rings. The molecule has 0 aliphatic rings. The Labute approximate surface area is 140 Å². The third-order valence-electron chi connectivity index (χ3n) is 2.79. The quantitative estimate of drug-likeness (QED) is 0.318. The highest BCUT2D eigenvalue weighted by atomic mass is 35.5. The molecule has 8 heteroatoms. The van der Waals surface area contributed by atoms with Gasteiger partial charge in [0, 0.05) is 5.56 Å². The van der Waals surface area contributed by atoms with E-state index in [9.17, 15) is 4.79 Å². The number of hydrogen-bond donors (Lipinski definition) is 4. The van der Waals surface area contributed by atoms with E-state index in [0.29, 0.717) is 18.8 Å². The molecule has 1 aromatic heterocycles. The number of quaternary nitrogens is 1. The van der Waals surface area contributed by atoms with Crippen molar-refractivity contribution in [1.29, 1.82) is 0 Å². The van der Waals surface area contributed by atoms with Gasteiger partial charge in [-0.2, -0.15) is 0 Å². The molecule has 0 radical (unpaired) electrons. The monoisotopic (exact) mass is 344 g/mol. The molecule has 0 aliphatic carbocycles. The van der Waals surface area contributed by atoms with Crippen LogP contribution in [-0.4, -0.2) is 24.8 Å². The van der Waals surface area contributed by atoms with Gasteiger partial charge in [-0.05, 0) is 24.3 Å². The number of carbonyl (C=O) groups excluding carboxylic acids is 1. The molecule has 6 nitrogen and oxygen atoms in total. The van der Waals surface area contributed by atoms with Gasteiger partial charge in [0.05, 0.1) is 18.7 Å². The predicted molar refractivity (Wildman–Crippen MR) is 74.5 cm³/mol. The number of hydrogen-bond acceptors (Lipinski definition) is 2. The molecular weight excluding hydrogens is 327 g/mol. The van der Waals surface area contributed by atoms with Gasteiger partial charge < -0.3 is 40.3 Å².